The van der Waals surface area contributed by atoms with Crippen molar-refractivity contribution in [2.24, 2.45) is 0 Å². The molecule has 2 aromatic heterocycles. The molecule has 4 rings (SSSR count). The summed E-state index contributed by atoms with van der Waals surface area (Å²) in [6, 6.07) is 9.63. The van der Waals surface area contributed by atoms with Crippen LogP contribution in [0.3, 0.4) is 0 Å². The largest absolute Gasteiger partial charge is 1.00 e. The average Bonchev–Trinajstić information content (AvgIpc) is 2.93. The fourth-order valence-electron chi connectivity index (χ4n) is 3.35. The molecule has 0 fully saturated rings. The first-order valence-corrected chi connectivity index (χ1v) is 9.36. The molecule has 1 unspecified atom stereocenters. The van der Waals surface area contributed by atoms with Crippen LogP contribution in [0, 0.1) is 0 Å². The number of fused-ring (bicyclic) bond motifs is 2. The summed E-state index contributed by atoms with van der Waals surface area (Å²) in [4.78, 5) is 12.3. The van der Waals surface area contributed by atoms with Gasteiger partial charge in [0.15, 0.2) is 5.16 Å². The van der Waals surface area contributed by atoms with Gasteiger partial charge in [-0.25, -0.2) is 4.98 Å². The number of H-pyrrole nitrogens is 1. The second-order valence-corrected chi connectivity index (χ2v) is 7.52. The molecule has 0 radical (unpaired) electrons. The molecule has 1 N–H and O–H groups in total. The monoisotopic (exact) mass is 365 g/mol. The number of pyridine rings is 1. The normalized spacial score (nSPS) is 18.0. The molecule has 1 aliphatic carbocycles. The molecule has 7 heteroatoms. The third-order valence-corrected chi connectivity index (χ3v) is 6.08. The van der Waals surface area contributed by atoms with E-state index < -0.39 is 10.8 Å². The van der Waals surface area contributed by atoms with Crippen molar-refractivity contribution in [3.63, 3.8) is 0 Å². The summed E-state index contributed by atoms with van der Waals surface area (Å²) in [5.41, 5.74) is 3.74. The summed E-state index contributed by atoms with van der Waals surface area (Å²) in [5, 5.41) is 0.372. The van der Waals surface area contributed by atoms with E-state index in [1.165, 1.54) is 0 Å². The van der Waals surface area contributed by atoms with Gasteiger partial charge in [0.2, 0.25) is 0 Å². The van der Waals surface area contributed by atoms with Gasteiger partial charge in [0.05, 0.1) is 39.9 Å². The number of aromatic amines is 1. The second-order valence-electron chi connectivity index (χ2n) is 5.97. The van der Waals surface area contributed by atoms with Gasteiger partial charge in [-0.1, -0.05) is 18.6 Å². The van der Waals surface area contributed by atoms with Gasteiger partial charge < -0.3 is 11.1 Å². The van der Waals surface area contributed by atoms with E-state index in [0.717, 1.165) is 53.7 Å². The predicted octanol–water partition coefficient (Wildman–Crippen LogP) is 0.658. The minimum absolute atomic E-state index is 0. The van der Waals surface area contributed by atoms with Crippen LogP contribution in [0.1, 0.15) is 37.2 Å². The first-order valence-electron chi connectivity index (χ1n) is 8.15. The molecule has 0 spiro atoms. The summed E-state index contributed by atoms with van der Waals surface area (Å²) in [5.74, 6) is 0.841. The van der Waals surface area contributed by atoms with E-state index in [0.29, 0.717) is 5.16 Å². The number of imidazole rings is 1. The Morgan fingerprint density at radius 2 is 2.12 bits per heavy atom. The van der Waals surface area contributed by atoms with Crippen LogP contribution in [0.15, 0.2) is 41.7 Å². The molecule has 3 aromatic rings. The summed E-state index contributed by atoms with van der Waals surface area (Å²) < 4.78 is 18.7. The standard InChI is InChI=1S/C18H19N3O2S.Na.H/c1-23-15-10-11-19-17-12(15)6-2-5-9-16(17)24(22)18-20-13-7-3-4-8-14(13)21-18;;/h3-4,7-8,10-11,16H,2,5-6,9H2,1H3,(H,20,21);;/q;+1;-1/t16-,24?;;/m1../s1. The maximum Gasteiger partial charge on any atom is 1.00 e. The average molecular weight is 365 g/mol. The van der Waals surface area contributed by atoms with Crippen molar-refractivity contribution in [1.82, 2.24) is 15.0 Å². The van der Waals surface area contributed by atoms with Crippen LogP contribution in [-0.4, -0.2) is 26.3 Å². The molecule has 0 bridgehead atoms. The number of nitrogens with one attached hydrogen (secondary N) is 1. The number of ether oxygens (including phenoxy) is 1. The van der Waals surface area contributed by atoms with Crippen LogP contribution in [0.25, 0.3) is 11.0 Å². The Balaban J connectivity index is 0.00000121. The van der Waals surface area contributed by atoms with E-state index in [-0.39, 0.29) is 36.2 Å². The molecule has 0 aliphatic heterocycles. The van der Waals surface area contributed by atoms with Gasteiger partial charge in [-0.05, 0) is 37.5 Å². The quantitative estimate of drug-likeness (QED) is 0.547. The Morgan fingerprint density at radius 3 is 2.92 bits per heavy atom. The number of methoxy groups -OCH3 is 1. The first kappa shape index (κ1) is 18.6. The number of hydrogen-bond acceptors (Lipinski definition) is 4. The molecule has 1 aromatic carbocycles. The molecule has 5 nitrogen and oxygen atoms in total. The predicted molar refractivity (Wildman–Crippen MR) is 94.7 cm³/mol. The van der Waals surface area contributed by atoms with Gasteiger partial charge in [0.25, 0.3) is 0 Å². The number of hydrogen-bond donors (Lipinski definition) is 1. The van der Waals surface area contributed by atoms with Gasteiger partial charge in [-0.3, -0.25) is 9.19 Å². The van der Waals surface area contributed by atoms with Crippen molar-refractivity contribution in [3.05, 3.63) is 47.8 Å². The van der Waals surface area contributed by atoms with Crippen LogP contribution in [-0.2, 0) is 17.2 Å². The number of aromatic nitrogens is 3. The van der Waals surface area contributed by atoms with E-state index >= 15 is 0 Å². The zero-order valence-electron chi connectivity index (χ0n) is 15.5. The number of rotatable bonds is 3. The minimum Gasteiger partial charge on any atom is -1.00 e. The van der Waals surface area contributed by atoms with Gasteiger partial charge in [-0.2, -0.15) is 0 Å². The topological polar surface area (TPSA) is 67.9 Å². The van der Waals surface area contributed by atoms with Crippen LogP contribution < -0.4 is 34.3 Å². The van der Waals surface area contributed by atoms with E-state index in [1.54, 1.807) is 13.3 Å². The molecule has 25 heavy (non-hydrogen) atoms. The fraction of sp³-hybridized carbons (Fsp3) is 0.333. The molecular weight excluding hydrogens is 345 g/mol. The molecule has 0 saturated heterocycles. The Labute approximate surface area is 172 Å². The first-order chi connectivity index (χ1) is 11.8. The molecule has 0 amide bonds. The van der Waals surface area contributed by atoms with Crippen molar-refractivity contribution in [2.75, 3.05) is 7.11 Å². The van der Waals surface area contributed by atoms with Crippen LogP contribution >= 0.6 is 0 Å². The number of benzene rings is 1. The fourth-order valence-corrected chi connectivity index (χ4v) is 4.80. The maximum absolute atomic E-state index is 13.2. The van der Waals surface area contributed by atoms with Crippen molar-refractivity contribution in [1.29, 1.82) is 0 Å². The third-order valence-electron chi connectivity index (χ3n) is 4.53. The van der Waals surface area contributed by atoms with Crippen molar-refractivity contribution in [3.8, 4) is 5.75 Å². The summed E-state index contributed by atoms with van der Waals surface area (Å²) in [7, 11) is 0.402. The Morgan fingerprint density at radius 1 is 1.28 bits per heavy atom. The molecule has 1 aliphatic rings. The van der Waals surface area contributed by atoms with Crippen molar-refractivity contribution >= 4 is 21.8 Å². The second kappa shape index (κ2) is 7.99. The van der Waals surface area contributed by atoms with Gasteiger partial charge in [0, 0.05) is 11.8 Å². The van der Waals surface area contributed by atoms with Crippen molar-refractivity contribution in [2.45, 2.75) is 36.1 Å². The summed E-state index contributed by atoms with van der Waals surface area (Å²) in [6.07, 6.45) is 5.59. The Kier molecular flexibility index (Phi) is 5.94. The summed E-state index contributed by atoms with van der Waals surface area (Å²) >= 11 is 0. The zero-order chi connectivity index (χ0) is 16.5. The van der Waals surface area contributed by atoms with E-state index in [1.807, 2.05) is 30.3 Å². The number of para-hydroxylation sites is 2. The van der Waals surface area contributed by atoms with Gasteiger partial charge >= 0.3 is 29.6 Å². The van der Waals surface area contributed by atoms with Gasteiger partial charge in [-0.15, -0.1) is 0 Å². The zero-order valence-corrected chi connectivity index (χ0v) is 17.3. The minimum atomic E-state index is -1.27. The smallest absolute Gasteiger partial charge is 1.00 e. The van der Waals surface area contributed by atoms with Crippen LogP contribution in [0.2, 0.25) is 0 Å². The SMILES string of the molecule is COc1ccnc2c1CCCC[C@H]2S(=O)c1nc2ccccc2[nH]1.[H-].[Na+]. The molecular formula is C18H20N3NaO2S. The van der Waals surface area contributed by atoms with Crippen molar-refractivity contribution < 1.29 is 39.9 Å². The molecule has 2 heterocycles. The maximum atomic E-state index is 13.2. The van der Waals surface area contributed by atoms with Crippen LogP contribution in [0.4, 0.5) is 0 Å². The molecule has 0 saturated carbocycles. The Bertz CT molecular complexity index is 885. The molecule has 2 atom stereocenters. The number of nitrogens with zero attached hydrogens (tertiary/aromatic N) is 2. The third kappa shape index (κ3) is 3.53. The van der Waals surface area contributed by atoms with Crippen LogP contribution in [0.5, 0.6) is 5.75 Å². The van der Waals surface area contributed by atoms with Gasteiger partial charge in [0.1, 0.15) is 5.75 Å². The Hall–Kier alpha value is -1.21. The molecule has 126 valence electrons. The summed E-state index contributed by atoms with van der Waals surface area (Å²) in [6.45, 7) is 0. The van der Waals surface area contributed by atoms with E-state index in [4.69, 9.17) is 4.74 Å². The van der Waals surface area contributed by atoms with E-state index in [9.17, 15) is 4.21 Å². The van der Waals surface area contributed by atoms with E-state index in [2.05, 4.69) is 15.0 Å².